The summed E-state index contributed by atoms with van der Waals surface area (Å²) in [6.45, 7) is 2.82. The van der Waals surface area contributed by atoms with Crippen LogP contribution in [0.5, 0.6) is 11.5 Å². The standard InChI is InChI=1S/C19H23ClN2O4/c1-13-3-5-15(6-4-13)22-19(24)12-26-18-10-16(20)14(9-17(18)25-2)11-21-7-8-23/h3-6,9-10,21,23H,7-8,11-12H2,1-2H3,(H,22,24). The Bertz CT molecular complexity index is 735. The molecule has 0 heterocycles. The van der Waals surface area contributed by atoms with Crippen LogP contribution in [0.1, 0.15) is 11.1 Å². The van der Waals surface area contributed by atoms with Crippen molar-refractivity contribution in [3.63, 3.8) is 0 Å². The van der Waals surface area contributed by atoms with Crippen LogP contribution in [0, 0.1) is 6.92 Å². The van der Waals surface area contributed by atoms with Crippen LogP contribution >= 0.6 is 11.6 Å². The van der Waals surface area contributed by atoms with E-state index in [0.717, 1.165) is 11.1 Å². The van der Waals surface area contributed by atoms with Gasteiger partial charge in [0.1, 0.15) is 0 Å². The predicted molar refractivity (Wildman–Crippen MR) is 102 cm³/mol. The molecule has 0 saturated carbocycles. The molecule has 140 valence electrons. The van der Waals surface area contributed by atoms with Gasteiger partial charge in [-0.15, -0.1) is 0 Å². The molecule has 0 spiro atoms. The molecule has 26 heavy (non-hydrogen) atoms. The van der Waals surface area contributed by atoms with Gasteiger partial charge in [0, 0.05) is 29.9 Å². The lowest BCUT2D eigenvalue weighted by molar-refractivity contribution is -0.118. The molecule has 3 N–H and O–H groups in total. The first-order chi connectivity index (χ1) is 12.5. The maximum Gasteiger partial charge on any atom is 0.262 e. The minimum Gasteiger partial charge on any atom is -0.493 e. The third-order valence-electron chi connectivity index (χ3n) is 3.63. The summed E-state index contributed by atoms with van der Waals surface area (Å²) in [5.74, 6) is 0.599. The van der Waals surface area contributed by atoms with E-state index < -0.39 is 0 Å². The zero-order chi connectivity index (χ0) is 18.9. The molecule has 0 aliphatic carbocycles. The summed E-state index contributed by atoms with van der Waals surface area (Å²) in [5, 5.41) is 15.1. The Morgan fingerprint density at radius 3 is 2.58 bits per heavy atom. The fraction of sp³-hybridized carbons (Fsp3) is 0.316. The Kier molecular flexibility index (Phi) is 7.72. The van der Waals surface area contributed by atoms with Crippen LogP contribution in [0.15, 0.2) is 36.4 Å². The Labute approximate surface area is 158 Å². The molecule has 0 bridgehead atoms. The average molecular weight is 379 g/mol. The third kappa shape index (κ3) is 5.91. The largest absolute Gasteiger partial charge is 0.493 e. The lowest BCUT2D eigenvalue weighted by atomic mass is 10.2. The zero-order valence-electron chi connectivity index (χ0n) is 14.8. The molecule has 0 unspecified atom stereocenters. The molecule has 0 radical (unpaired) electrons. The molecule has 0 aromatic heterocycles. The van der Waals surface area contributed by atoms with Crippen LogP contribution in [-0.2, 0) is 11.3 Å². The van der Waals surface area contributed by atoms with E-state index in [1.54, 1.807) is 12.1 Å². The second kappa shape index (κ2) is 10.0. The first kappa shape index (κ1) is 20.0. The molecule has 0 aliphatic heterocycles. The van der Waals surface area contributed by atoms with Gasteiger partial charge in [-0.2, -0.15) is 0 Å². The number of aliphatic hydroxyl groups excluding tert-OH is 1. The van der Waals surface area contributed by atoms with E-state index in [1.165, 1.54) is 7.11 Å². The molecular formula is C19H23ClN2O4. The lowest BCUT2D eigenvalue weighted by Crippen LogP contribution is -2.20. The minimum atomic E-state index is -0.277. The summed E-state index contributed by atoms with van der Waals surface area (Å²) >= 11 is 6.26. The van der Waals surface area contributed by atoms with Gasteiger partial charge in [0.05, 0.1) is 13.7 Å². The van der Waals surface area contributed by atoms with E-state index >= 15 is 0 Å². The number of amides is 1. The Hall–Kier alpha value is -2.28. The molecule has 2 aromatic carbocycles. The quantitative estimate of drug-likeness (QED) is 0.585. The Balaban J connectivity index is 1.98. The fourth-order valence-corrected chi connectivity index (χ4v) is 2.48. The normalized spacial score (nSPS) is 10.5. The number of aryl methyl sites for hydroxylation is 1. The topological polar surface area (TPSA) is 79.8 Å². The van der Waals surface area contributed by atoms with Gasteiger partial charge in [-0.3, -0.25) is 4.79 Å². The summed E-state index contributed by atoms with van der Waals surface area (Å²) in [4.78, 5) is 12.1. The Morgan fingerprint density at radius 2 is 1.92 bits per heavy atom. The van der Waals surface area contributed by atoms with E-state index in [0.29, 0.717) is 35.3 Å². The van der Waals surface area contributed by atoms with E-state index in [1.807, 2.05) is 31.2 Å². The number of nitrogens with one attached hydrogen (secondary N) is 2. The molecule has 6 nitrogen and oxygen atoms in total. The number of methoxy groups -OCH3 is 1. The molecule has 0 saturated heterocycles. The number of carbonyl (C=O) groups excluding carboxylic acids is 1. The number of anilines is 1. The average Bonchev–Trinajstić information content (AvgIpc) is 2.63. The number of hydrogen-bond donors (Lipinski definition) is 3. The van der Waals surface area contributed by atoms with Crippen LogP contribution in [0.4, 0.5) is 5.69 Å². The van der Waals surface area contributed by atoms with Crippen molar-refractivity contribution in [1.82, 2.24) is 5.32 Å². The van der Waals surface area contributed by atoms with Crippen LogP contribution in [0.3, 0.4) is 0 Å². The maximum atomic E-state index is 12.1. The van der Waals surface area contributed by atoms with Crippen molar-refractivity contribution < 1.29 is 19.4 Å². The SMILES string of the molecule is COc1cc(CNCCO)c(Cl)cc1OCC(=O)Nc1ccc(C)cc1. The van der Waals surface area contributed by atoms with Crippen molar-refractivity contribution in [2.75, 3.05) is 32.2 Å². The van der Waals surface area contributed by atoms with Gasteiger partial charge in [-0.05, 0) is 30.7 Å². The summed E-state index contributed by atoms with van der Waals surface area (Å²) in [5.41, 5.74) is 2.64. The molecule has 0 aliphatic rings. The number of benzene rings is 2. The minimum absolute atomic E-state index is 0.0477. The second-order valence-electron chi connectivity index (χ2n) is 5.70. The van der Waals surface area contributed by atoms with Crippen molar-refractivity contribution in [3.8, 4) is 11.5 Å². The summed E-state index contributed by atoms with van der Waals surface area (Å²) in [6, 6.07) is 10.9. The van der Waals surface area contributed by atoms with Crippen molar-refractivity contribution in [2.24, 2.45) is 0 Å². The number of rotatable bonds is 9. The van der Waals surface area contributed by atoms with Crippen LogP contribution in [0.2, 0.25) is 5.02 Å². The number of halogens is 1. The molecule has 2 aromatic rings. The van der Waals surface area contributed by atoms with E-state index in [-0.39, 0.29) is 19.1 Å². The first-order valence-corrected chi connectivity index (χ1v) is 8.58. The number of aliphatic hydroxyl groups is 1. The molecule has 0 atom stereocenters. The molecular weight excluding hydrogens is 356 g/mol. The maximum absolute atomic E-state index is 12.1. The highest BCUT2D eigenvalue weighted by Gasteiger charge is 2.12. The van der Waals surface area contributed by atoms with E-state index in [2.05, 4.69) is 10.6 Å². The van der Waals surface area contributed by atoms with Crippen molar-refractivity contribution in [1.29, 1.82) is 0 Å². The number of hydrogen-bond acceptors (Lipinski definition) is 5. The number of carbonyl (C=O) groups is 1. The molecule has 1 amide bonds. The van der Waals surface area contributed by atoms with E-state index in [4.69, 9.17) is 26.2 Å². The Morgan fingerprint density at radius 1 is 1.19 bits per heavy atom. The van der Waals surface area contributed by atoms with Crippen molar-refractivity contribution in [3.05, 3.63) is 52.5 Å². The van der Waals surface area contributed by atoms with Crippen LogP contribution < -0.4 is 20.1 Å². The van der Waals surface area contributed by atoms with E-state index in [9.17, 15) is 4.79 Å². The van der Waals surface area contributed by atoms with Gasteiger partial charge < -0.3 is 25.2 Å². The highest BCUT2D eigenvalue weighted by molar-refractivity contribution is 6.31. The van der Waals surface area contributed by atoms with Gasteiger partial charge in [0.2, 0.25) is 0 Å². The second-order valence-corrected chi connectivity index (χ2v) is 6.10. The highest BCUT2D eigenvalue weighted by Crippen LogP contribution is 2.33. The van der Waals surface area contributed by atoms with Crippen LogP contribution in [0.25, 0.3) is 0 Å². The smallest absolute Gasteiger partial charge is 0.262 e. The number of ether oxygens (including phenoxy) is 2. The highest BCUT2D eigenvalue weighted by atomic mass is 35.5. The van der Waals surface area contributed by atoms with Gasteiger partial charge in [-0.1, -0.05) is 29.3 Å². The third-order valence-corrected chi connectivity index (χ3v) is 3.98. The lowest BCUT2D eigenvalue weighted by Gasteiger charge is -2.14. The van der Waals surface area contributed by atoms with Gasteiger partial charge >= 0.3 is 0 Å². The molecule has 7 heteroatoms. The van der Waals surface area contributed by atoms with Crippen molar-refractivity contribution in [2.45, 2.75) is 13.5 Å². The monoisotopic (exact) mass is 378 g/mol. The van der Waals surface area contributed by atoms with Gasteiger partial charge in [0.25, 0.3) is 5.91 Å². The molecule has 0 fully saturated rings. The summed E-state index contributed by atoms with van der Waals surface area (Å²) < 4.78 is 10.9. The van der Waals surface area contributed by atoms with Crippen LogP contribution in [-0.4, -0.2) is 37.9 Å². The van der Waals surface area contributed by atoms with Crippen molar-refractivity contribution >= 4 is 23.2 Å². The summed E-state index contributed by atoms with van der Waals surface area (Å²) in [7, 11) is 1.52. The molecule has 2 rings (SSSR count). The fourth-order valence-electron chi connectivity index (χ4n) is 2.26. The predicted octanol–water partition coefficient (Wildman–Crippen LogP) is 2.76. The zero-order valence-corrected chi connectivity index (χ0v) is 15.6. The van der Waals surface area contributed by atoms with Gasteiger partial charge in [0.15, 0.2) is 18.1 Å². The summed E-state index contributed by atoms with van der Waals surface area (Å²) in [6.07, 6.45) is 0. The van der Waals surface area contributed by atoms with Gasteiger partial charge in [-0.25, -0.2) is 0 Å². The first-order valence-electron chi connectivity index (χ1n) is 8.20.